The molecule has 5 rings (SSSR count). The minimum atomic E-state index is -2.96. The molecule has 0 saturated heterocycles. The van der Waals surface area contributed by atoms with Gasteiger partial charge in [0.1, 0.15) is 23.9 Å². The summed E-state index contributed by atoms with van der Waals surface area (Å²) in [5.74, 6) is -6.62. The van der Waals surface area contributed by atoms with Gasteiger partial charge in [0.2, 0.25) is 11.8 Å². The lowest BCUT2D eigenvalue weighted by atomic mass is 9.94. The summed E-state index contributed by atoms with van der Waals surface area (Å²) in [5, 5.41) is 6.63. The van der Waals surface area contributed by atoms with Gasteiger partial charge in [0, 0.05) is 54.7 Å². The summed E-state index contributed by atoms with van der Waals surface area (Å²) >= 11 is 3.34. The van der Waals surface area contributed by atoms with Crippen molar-refractivity contribution in [2.45, 2.75) is 71.6 Å². The number of aliphatic hydroxyl groups excluding tert-OH is 1. The molecule has 1 aliphatic carbocycles. The van der Waals surface area contributed by atoms with E-state index in [1.54, 1.807) is 17.0 Å². The molecule has 234 valence electrons. The first kappa shape index (κ1) is 33.5. The van der Waals surface area contributed by atoms with Gasteiger partial charge in [-0.3, -0.25) is 4.79 Å². The van der Waals surface area contributed by atoms with Crippen LogP contribution in [0, 0.1) is 11.7 Å². The number of nitrogens with zero attached hydrogens (tertiary/aromatic N) is 2. The Morgan fingerprint density at radius 1 is 1.21 bits per heavy atom. The van der Waals surface area contributed by atoms with Gasteiger partial charge in [0.15, 0.2) is 11.8 Å². The lowest BCUT2D eigenvalue weighted by molar-refractivity contribution is -0.0667. The fourth-order valence-corrected chi connectivity index (χ4v) is 7.89. The molecule has 2 unspecified atom stereocenters. The van der Waals surface area contributed by atoms with Gasteiger partial charge in [-0.25, -0.2) is 31.3 Å². The number of thioether (sulfide) groups is 2. The van der Waals surface area contributed by atoms with Crippen LogP contribution in [0.1, 0.15) is 48.0 Å². The number of ether oxygens (including phenoxy) is 1. The second kappa shape index (κ2) is 14.1. The molecule has 0 radical (unpaired) electrons. The maximum atomic E-state index is 15.7. The van der Waals surface area contributed by atoms with Crippen molar-refractivity contribution in [3.05, 3.63) is 58.3 Å². The van der Waals surface area contributed by atoms with Crippen molar-refractivity contribution in [1.29, 1.82) is 0 Å². The summed E-state index contributed by atoms with van der Waals surface area (Å²) in [7, 11) is 1.00. The van der Waals surface area contributed by atoms with E-state index in [1.807, 2.05) is 0 Å². The predicted molar refractivity (Wildman–Crippen MR) is 158 cm³/mol. The third-order valence-corrected chi connectivity index (χ3v) is 10.2. The molecule has 1 aromatic heterocycles. The smallest absolute Gasteiger partial charge is 0.250 e. The monoisotopic (exact) mass is 664 g/mol. The van der Waals surface area contributed by atoms with E-state index >= 15 is 4.39 Å². The Kier molecular flexibility index (Phi) is 11.0. The lowest BCUT2D eigenvalue weighted by Crippen LogP contribution is -2.37. The van der Waals surface area contributed by atoms with E-state index < -0.39 is 35.5 Å². The standard InChI is InChI=1S/C28H26F6N2O2S3.CH4O/c1-27(31,32)7-6-16-12-36(18-4-2-17(29)3-5-18)21-8-24(40-19-10-28(33,34)11-19)22(9-23(21)41-26(16)30)38-14-25-20(13-37)35-15-39-25;1-2/h2-5,8-9,13,15-16,19,26H,6-7,10-12,14H2,1H3;2H,1H3. The van der Waals surface area contributed by atoms with E-state index in [-0.39, 0.29) is 43.4 Å². The van der Waals surface area contributed by atoms with Crippen LogP contribution in [0.4, 0.5) is 37.7 Å². The molecule has 1 fully saturated rings. The molecular weight excluding hydrogens is 635 g/mol. The van der Waals surface area contributed by atoms with Gasteiger partial charge in [0.25, 0.3) is 0 Å². The van der Waals surface area contributed by atoms with Crippen molar-refractivity contribution in [3.63, 3.8) is 0 Å². The molecule has 14 heteroatoms. The van der Waals surface area contributed by atoms with Crippen LogP contribution in [0.25, 0.3) is 0 Å². The van der Waals surface area contributed by atoms with Crippen molar-refractivity contribution >= 4 is 52.5 Å². The molecule has 3 aromatic rings. The van der Waals surface area contributed by atoms with Crippen LogP contribution in [0.5, 0.6) is 5.75 Å². The van der Waals surface area contributed by atoms with Gasteiger partial charge in [-0.1, -0.05) is 11.8 Å². The third-order valence-electron chi connectivity index (χ3n) is 6.92. The Bertz CT molecular complexity index is 1380. The number of fused-ring (bicyclic) bond motifs is 1. The molecule has 0 spiro atoms. The Morgan fingerprint density at radius 3 is 2.53 bits per heavy atom. The van der Waals surface area contributed by atoms with Crippen molar-refractivity contribution in [3.8, 4) is 5.75 Å². The topological polar surface area (TPSA) is 62.7 Å². The first-order valence-electron chi connectivity index (χ1n) is 13.3. The molecule has 2 atom stereocenters. The number of anilines is 2. The van der Waals surface area contributed by atoms with E-state index in [0.29, 0.717) is 38.1 Å². The average molecular weight is 665 g/mol. The Balaban J connectivity index is 0.00000207. The summed E-state index contributed by atoms with van der Waals surface area (Å²) in [5.41, 5.74) is 1.29. The Morgan fingerprint density at radius 2 is 1.91 bits per heavy atom. The molecule has 1 N–H and O–H groups in total. The summed E-state index contributed by atoms with van der Waals surface area (Å²) in [6, 6.07) is 8.95. The zero-order valence-corrected chi connectivity index (χ0v) is 25.7. The van der Waals surface area contributed by atoms with E-state index in [0.717, 1.165) is 25.8 Å². The van der Waals surface area contributed by atoms with Gasteiger partial charge < -0.3 is 14.7 Å². The fourth-order valence-electron chi connectivity index (χ4n) is 4.70. The Labute approximate surface area is 258 Å². The zero-order valence-electron chi connectivity index (χ0n) is 23.2. The predicted octanol–water partition coefficient (Wildman–Crippen LogP) is 8.76. The van der Waals surface area contributed by atoms with Crippen LogP contribution >= 0.6 is 34.9 Å². The second-order valence-corrected chi connectivity index (χ2v) is 13.7. The minimum absolute atomic E-state index is 0.00842. The number of benzene rings is 2. The SMILES string of the molecule is CC(F)(F)CCC1CN(c2ccc(F)cc2)c2cc(SC3CC(F)(F)C3)c(OCc3scnc3C=O)cc2SC1F.CO. The highest BCUT2D eigenvalue weighted by atomic mass is 32.2. The van der Waals surface area contributed by atoms with Crippen molar-refractivity contribution in [1.82, 2.24) is 4.98 Å². The van der Waals surface area contributed by atoms with Gasteiger partial charge >= 0.3 is 0 Å². The molecule has 0 bridgehead atoms. The summed E-state index contributed by atoms with van der Waals surface area (Å²) in [6.07, 6.45) is -0.553. The molecule has 2 aromatic carbocycles. The van der Waals surface area contributed by atoms with E-state index in [1.165, 1.54) is 52.9 Å². The Hall–Kier alpha value is -2.42. The fraction of sp³-hybridized carbons (Fsp3) is 0.448. The zero-order chi connectivity index (χ0) is 31.4. The van der Waals surface area contributed by atoms with Crippen LogP contribution < -0.4 is 9.64 Å². The van der Waals surface area contributed by atoms with Gasteiger partial charge in [-0.2, -0.15) is 0 Å². The maximum Gasteiger partial charge on any atom is 0.250 e. The van der Waals surface area contributed by atoms with E-state index in [9.17, 15) is 26.7 Å². The minimum Gasteiger partial charge on any atom is -0.487 e. The highest BCUT2D eigenvalue weighted by Gasteiger charge is 2.46. The van der Waals surface area contributed by atoms with E-state index in [4.69, 9.17) is 9.84 Å². The first-order valence-corrected chi connectivity index (χ1v) is 15.9. The van der Waals surface area contributed by atoms with Crippen molar-refractivity contribution in [2.75, 3.05) is 18.6 Å². The van der Waals surface area contributed by atoms with Crippen molar-refractivity contribution in [2.24, 2.45) is 5.92 Å². The van der Waals surface area contributed by atoms with E-state index in [2.05, 4.69) is 4.98 Å². The van der Waals surface area contributed by atoms with Crippen LogP contribution in [-0.4, -0.2) is 52.6 Å². The van der Waals surface area contributed by atoms with Crippen LogP contribution in [-0.2, 0) is 6.61 Å². The number of carbonyl (C=O) groups excluding carboxylic acids is 1. The molecule has 1 saturated carbocycles. The number of halogens is 6. The molecule has 1 aliphatic heterocycles. The molecule has 2 aliphatic rings. The number of aromatic nitrogens is 1. The molecule has 43 heavy (non-hydrogen) atoms. The number of alkyl halides is 5. The average Bonchev–Trinajstić information content (AvgIpc) is 3.35. The summed E-state index contributed by atoms with van der Waals surface area (Å²) in [6.45, 7) is 0.844. The third kappa shape index (κ3) is 8.61. The second-order valence-electron chi connectivity index (χ2n) is 10.3. The molecule has 5 nitrogen and oxygen atoms in total. The normalized spacial score (nSPS) is 19.9. The quantitative estimate of drug-likeness (QED) is 0.172. The van der Waals surface area contributed by atoms with Crippen molar-refractivity contribution < 1.29 is 41.0 Å². The number of aliphatic hydroxyl groups is 1. The van der Waals surface area contributed by atoms with Crippen LogP contribution in [0.3, 0.4) is 0 Å². The van der Waals surface area contributed by atoms with Gasteiger partial charge in [-0.15, -0.1) is 23.1 Å². The highest BCUT2D eigenvalue weighted by molar-refractivity contribution is 8.00. The van der Waals surface area contributed by atoms with Crippen LogP contribution in [0.15, 0.2) is 51.7 Å². The summed E-state index contributed by atoms with van der Waals surface area (Å²) in [4.78, 5) is 18.6. The van der Waals surface area contributed by atoms with Crippen LogP contribution in [0.2, 0.25) is 0 Å². The number of hydrogen-bond acceptors (Lipinski definition) is 8. The lowest BCUT2D eigenvalue weighted by Gasteiger charge is -2.35. The summed E-state index contributed by atoms with van der Waals surface area (Å²) < 4.78 is 90.3. The molecule has 0 amide bonds. The first-order chi connectivity index (χ1) is 20.4. The molecular formula is C29H30F6N2O3S3. The molecule has 2 heterocycles. The number of rotatable bonds is 10. The van der Waals surface area contributed by atoms with Gasteiger partial charge in [0.05, 0.1) is 21.0 Å². The number of carbonyl (C=O) groups is 1. The number of thiazole rings is 1. The highest BCUT2D eigenvalue weighted by Crippen LogP contribution is 2.53. The maximum absolute atomic E-state index is 15.7. The number of aldehydes is 1. The largest absolute Gasteiger partial charge is 0.487 e. The van der Waals surface area contributed by atoms with Gasteiger partial charge in [-0.05, 0) is 49.7 Å². The number of hydrogen-bond donors (Lipinski definition) is 1.